The van der Waals surface area contributed by atoms with E-state index in [1.165, 1.54) is 19.2 Å². The van der Waals surface area contributed by atoms with Gasteiger partial charge in [0, 0.05) is 11.6 Å². The zero-order chi connectivity index (χ0) is 14.3. The zero-order valence-corrected chi connectivity index (χ0v) is 10.4. The maximum absolute atomic E-state index is 13.6. The Labute approximate surface area is 112 Å². The number of H-pyrrole nitrogens is 1. The Morgan fingerprint density at radius 1 is 1.05 bits per heavy atom. The van der Waals surface area contributed by atoms with Crippen LogP contribution in [0, 0.1) is 17.5 Å². The molecule has 2 aromatic carbocycles. The first kappa shape index (κ1) is 12.5. The first-order valence-electron chi connectivity index (χ1n) is 5.77. The molecule has 3 nitrogen and oxygen atoms in total. The molecule has 0 fully saturated rings. The SMILES string of the molecule is COc1ccc(-c2nc3c(F)cc(F)cc3[nH]2)cc1F. The highest BCUT2D eigenvalue weighted by molar-refractivity contribution is 5.80. The number of halogens is 3. The summed E-state index contributed by atoms with van der Waals surface area (Å²) in [6, 6.07) is 6.11. The van der Waals surface area contributed by atoms with Crippen LogP contribution in [0.1, 0.15) is 0 Å². The molecule has 0 aliphatic heterocycles. The van der Waals surface area contributed by atoms with Crippen LogP contribution in [-0.2, 0) is 0 Å². The van der Waals surface area contributed by atoms with Crippen LogP contribution in [0.2, 0.25) is 0 Å². The zero-order valence-electron chi connectivity index (χ0n) is 10.4. The van der Waals surface area contributed by atoms with Gasteiger partial charge >= 0.3 is 0 Å². The summed E-state index contributed by atoms with van der Waals surface area (Å²) in [5.74, 6) is -1.67. The standard InChI is InChI=1S/C14H9F3N2O/c1-20-12-3-2-7(4-9(12)16)14-18-11-6-8(15)5-10(17)13(11)19-14/h2-6H,1H3,(H,18,19). The van der Waals surface area contributed by atoms with Crippen molar-refractivity contribution in [2.75, 3.05) is 7.11 Å². The van der Waals surface area contributed by atoms with E-state index in [2.05, 4.69) is 9.97 Å². The Balaban J connectivity index is 2.15. The number of benzene rings is 2. The predicted octanol–water partition coefficient (Wildman–Crippen LogP) is 3.66. The largest absolute Gasteiger partial charge is 0.494 e. The Hall–Kier alpha value is -2.50. The van der Waals surface area contributed by atoms with Crippen LogP contribution in [0.4, 0.5) is 13.2 Å². The monoisotopic (exact) mass is 278 g/mol. The number of methoxy groups -OCH3 is 1. The molecule has 1 heterocycles. The fourth-order valence-electron chi connectivity index (χ4n) is 1.99. The molecule has 0 radical (unpaired) electrons. The van der Waals surface area contributed by atoms with E-state index >= 15 is 0 Å². The van der Waals surface area contributed by atoms with Crippen molar-refractivity contribution < 1.29 is 17.9 Å². The van der Waals surface area contributed by atoms with Crippen LogP contribution in [0.5, 0.6) is 5.75 Å². The van der Waals surface area contributed by atoms with Gasteiger partial charge in [-0.05, 0) is 24.3 Å². The smallest absolute Gasteiger partial charge is 0.165 e. The van der Waals surface area contributed by atoms with Gasteiger partial charge in [-0.15, -0.1) is 0 Å². The Bertz CT molecular complexity index is 798. The quantitative estimate of drug-likeness (QED) is 0.777. The van der Waals surface area contributed by atoms with E-state index in [9.17, 15) is 13.2 Å². The molecule has 0 unspecified atom stereocenters. The number of nitrogens with zero attached hydrogens (tertiary/aromatic N) is 1. The van der Waals surface area contributed by atoms with E-state index in [4.69, 9.17) is 4.74 Å². The molecule has 102 valence electrons. The highest BCUT2D eigenvalue weighted by atomic mass is 19.1. The fraction of sp³-hybridized carbons (Fsp3) is 0.0714. The summed E-state index contributed by atoms with van der Waals surface area (Å²) >= 11 is 0. The van der Waals surface area contributed by atoms with Gasteiger partial charge in [-0.3, -0.25) is 0 Å². The lowest BCUT2D eigenvalue weighted by atomic mass is 10.2. The Morgan fingerprint density at radius 3 is 2.55 bits per heavy atom. The van der Waals surface area contributed by atoms with Crippen molar-refractivity contribution >= 4 is 11.0 Å². The second-order valence-electron chi connectivity index (χ2n) is 4.22. The summed E-state index contributed by atoms with van der Waals surface area (Å²) in [5.41, 5.74) is 0.644. The van der Waals surface area contributed by atoms with Gasteiger partial charge in [-0.1, -0.05) is 0 Å². The summed E-state index contributed by atoms with van der Waals surface area (Å²) in [4.78, 5) is 6.78. The number of fused-ring (bicyclic) bond motifs is 1. The molecule has 0 saturated carbocycles. The number of rotatable bonds is 2. The molecule has 6 heteroatoms. The number of hydrogen-bond acceptors (Lipinski definition) is 2. The van der Waals surface area contributed by atoms with Crippen molar-refractivity contribution in [1.82, 2.24) is 9.97 Å². The molecule has 0 aliphatic rings. The molecule has 20 heavy (non-hydrogen) atoms. The third-order valence-corrected chi connectivity index (χ3v) is 2.93. The lowest BCUT2D eigenvalue weighted by Gasteiger charge is -2.02. The molecule has 0 bridgehead atoms. The van der Waals surface area contributed by atoms with Crippen LogP contribution in [0.25, 0.3) is 22.4 Å². The van der Waals surface area contributed by atoms with E-state index in [0.717, 1.165) is 12.1 Å². The molecule has 3 aromatic rings. The minimum absolute atomic E-state index is 0.0117. The van der Waals surface area contributed by atoms with E-state index in [1.54, 1.807) is 6.07 Å². The van der Waals surface area contributed by atoms with Gasteiger partial charge in [-0.2, -0.15) is 0 Å². The first-order valence-corrected chi connectivity index (χ1v) is 5.77. The normalized spacial score (nSPS) is 11.0. The second kappa shape index (κ2) is 4.56. The maximum atomic E-state index is 13.6. The molecule has 3 rings (SSSR count). The summed E-state index contributed by atoms with van der Waals surface area (Å²) in [6.45, 7) is 0. The van der Waals surface area contributed by atoms with Crippen LogP contribution in [-0.4, -0.2) is 17.1 Å². The van der Waals surface area contributed by atoms with Crippen LogP contribution in [0.15, 0.2) is 30.3 Å². The van der Waals surface area contributed by atoms with Crippen LogP contribution in [0.3, 0.4) is 0 Å². The molecule has 0 saturated heterocycles. The molecule has 0 spiro atoms. The van der Waals surface area contributed by atoms with Crippen molar-refractivity contribution in [1.29, 1.82) is 0 Å². The number of imidazole rings is 1. The van der Waals surface area contributed by atoms with Gasteiger partial charge < -0.3 is 9.72 Å². The highest BCUT2D eigenvalue weighted by Crippen LogP contribution is 2.26. The number of ether oxygens (including phenoxy) is 1. The van der Waals surface area contributed by atoms with E-state index in [-0.39, 0.29) is 22.6 Å². The minimum Gasteiger partial charge on any atom is -0.494 e. The highest BCUT2D eigenvalue weighted by Gasteiger charge is 2.12. The number of hydrogen-bond donors (Lipinski definition) is 1. The van der Waals surface area contributed by atoms with E-state index in [1.807, 2.05) is 0 Å². The van der Waals surface area contributed by atoms with Gasteiger partial charge in [0.2, 0.25) is 0 Å². The lowest BCUT2D eigenvalue weighted by Crippen LogP contribution is -1.89. The van der Waals surface area contributed by atoms with E-state index in [0.29, 0.717) is 5.56 Å². The van der Waals surface area contributed by atoms with Crippen molar-refractivity contribution in [3.05, 3.63) is 47.8 Å². The Kier molecular flexibility index (Phi) is 2.85. The third-order valence-electron chi connectivity index (χ3n) is 2.93. The fourth-order valence-corrected chi connectivity index (χ4v) is 1.99. The minimum atomic E-state index is -0.767. The average molecular weight is 278 g/mol. The van der Waals surface area contributed by atoms with Gasteiger partial charge in [0.15, 0.2) is 17.4 Å². The van der Waals surface area contributed by atoms with Crippen LogP contribution < -0.4 is 4.74 Å². The van der Waals surface area contributed by atoms with Gasteiger partial charge in [0.25, 0.3) is 0 Å². The number of aromatic amines is 1. The number of nitrogens with one attached hydrogen (secondary N) is 1. The Morgan fingerprint density at radius 2 is 1.85 bits per heavy atom. The van der Waals surface area contributed by atoms with Crippen LogP contribution >= 0.6 is 0 Å². The topological polar surface area (TPSA) is 37.9 Å². The average Bonchev–Trinajstić information content (AvgIpc) is 2.82. The first-order chi connectivity index (χ1) is 9.58. The molecular weight excluding hydrogens is 269 g/mol. The molecule has 0 atom stereocenters. The van der Waals surface area contributed by atoms with Crippen molar-refractivity contribution in [2.45, 2.75) is 0 Å². The van der Waals surface area contributed by atoms with Gasteiger partial charge in [0.05, 0.1) is 12.6 Å². The van der Waals surface area contributed by atoms with Gasteiger partial charge in [0.1, 0.15) is 17.2 Å². The van der Waals surface area contributed by atoms with E-state index < -0.39 is 17.5 Å². The lowest BCUT2D eigenvalue weighted by molar-refractivity contribution is 0.386. The molecule has 0 aliphatic carbocycles. The summed E-state index contributed by atoms with van der Waals surface area (Å²) < 4.78 is 45.1. The van der Waals surface area contributed by atoms with Crippen molar-refractivity contribution in [2.24, 2.45) is 0 Å². The summed E-state index contributed by atoms with van der Waals surface area (Å²) in [7, 11) is 1.36. The molecule has 0 amide bonds. The maximum Gasteiger partial charge on any atom is 0.165 e. The third kappa shape index (κ3) is 1.99. The summed E-state index contributed by atoms with van der Waals surface area (Å²) in [6.07, 6.45) is 0. The predicted molar refractivity (Wildman–Crippen MR) is 68.0 cm³/mol. The van der Waals surface area contributed by atoms with Crippen molar-refractivity contribution in [3.63, 3.8) is 0 Å². The second-order valence-corrected chi connectivity index (χ2v) is 4.22. The molecular formula is C14H9F3N2O. The molecule has 1 N–H and O–H groups in total. The van der Waals surface area contributed by atoms with Crippen molar-refractivity contribution in [3.8, 4) is 17.1 Å². The molecule has 1 aromatic heterocycles. The summed E-state index contributed by atoms with van der Waals surface area (Å²) in [5, 5.41) is 0. The number of aromatic nitrogens is 2. The van der Waals surface area contributed by atoms with Gasteiger partial charge in [-0.25, -0.2) is 18.2 Å².